The van der Waals surface area contributed by atoms with Crippen LogP contribution in [0.2, 0.25) is 0 Å². The van der Waals surface area contributed by atoms with Gasteiger partial charge in [-0.05, 0) is 49.4 Å². The number of carbonyl (C=O) groups excluding carboxylic acids is 3. The van der Waals surface area contributed by atoms with Gasteiger partial charge in [0.2, 0.25) is 5.91 Å². The number of hydrogen-bond donors (Lipinski definition) is 1. The molecule has 0 aliphatic rings. The summed E-state index contributed by atoms with van der Waals surface area (Å²) in [6.07, 6.45) is 0. The summed E-state index contributed by atoms with van der Waals surface area (Å²) < 4.78 is 28.5. The third kappa shape index (κ3) is 6.47. The van der Waals surface area contributed by atoms with Gasteiger partial charge in [-0.2, -0.15) is 0 Å². The molecule has 0 atom stereocenters. The molecule has 0 bridgehead atoms. The Kier molecular flexibility index (Phi) is 8.16. The van der Waals surface area contributed by atoms with E-state index in [2.05, 4.69) is 5.32 Å². The minimum absolute atomic E-state index is 0.198. The van der Waals surface area contributed by atoms with Gasteiger partial charge in [0.25, 0.3) is 5.91 Å². The second-order valence-corrected chi connectivity index (χ2v) is 6.18. The van der Waals surface area contributed by atoms with E-state index >= 15 is 0 Å². The minimum atomic E-state index is -0.712. The molecule has 0 spiro atoms. The molecular formula is C21H23FN2O6. The molecule has 2 aromatic carbocycles. The molecule has 0 fully saturated rings. The van der Waals surface area contributed by atoms with Crippen molar-refractivity contribution in [1.29, 1.82) is 0 Å². The highest BCUT2D eigenvalue weighted by molar-refractivity contribution is 5.95. The van der Waals surface area contributed by atoms with E-state index in [1.807, 2.05) is 0 Å². The van der Waals surface area contributed by atoms with Crippen molar-refractivity contribution in [3.8, 4) is 11.5 Å². The van der Waals surface area contributed by atoms with Crippen LogP contribution in [0.1, 0.15) is 17.3 Å². The van der Waals surface area contributed by atoms with E-state index in [1.165, 1.54) is 50.6 Å². The van der Waals surface area contributed by atoms with E-state index in [0.29, 0.717) is 23.8 Å². The summed E-state index contributed by atoms with van der Waals surface area (Å²) >= 11 is 0. The highest BCUT2D eigenvalue weighted by Gasteiger charge is 2.17. The zero-order valence-electron chi connectivity index (χ0n) is 16.9. The fourth-order valence-corrected chi connectivity index (χ4v) is 2.43. The molecule has 1 N–H and O–H groups in total. The van der Waals surface area contributed by atoms with Gasteiger partial charge in [0.1, 0.15) is 5.82 Å². The number of nitrogens with one attached hydrogen (secondary N) is 1. The number of ether oxygens (including phenoxy) is 3. The topological polar surface area (TPSA) is 94.2 Å². The van der Waals surface area contributed by atoms with E-state index in [0.717, 1.165) is 4.90 Å². The van der Waals surface area contributed by atoms with E-state index in [4.69, 9.17) is 14.2 Å². The molecule has 8 nitrogen and oxygen atoms in total. The van der Waals surface area contributed by atoms with Crippen LogP contribution in [0, 0.1) is 5.82 Å². The SMILES string of the molecule is CCOc1cc(C(=O)OCC(=O)N(C)CC(=O)Nc2ccc(F)cc2)ccc1OC. The van der Waals surface area contributed by atoms with Crippen LogP contribution in [0.15, 0.2) is 42.5 Å². The lowest BCUT2D eigenvalue weighted by atomic mass is 10.2. The summed E-state index contributed by atoms with van der Waals surface area (Å²) in [5, 5.41) is 2.54. The fraction of sp³-hybridized carbons (Fsp3) is 0.286. The smallest absolute Gasteiger partial charge is 0.338 e. The van der Waals surface area contributed by atoms with Crippen molar-refractivity contribution in [2.75, 3.05) is 39.2 Å². The largest absolute Gasteiger partial charge is 0.493 e. The Hall–Kier alpha value is -3.62. The van der Waals surface area contributed by atoms with E-state index < -0.39 is 30.2 Å². The van der Waals surface area contributed by atoms with Gasteiger partial charge in [-0.15, -0.1) is 0 Å². The van der Waals surface area contributed by atoms with Crippen molar-refractivity contribution in [2.45, 2.75) is 6.92 Å². The summed E-state index contributed by atoms with van der Waals surface area (Å²) in [7, 11) is 2.89. The molecule has 0 unspecified atom stereocenters. The number of benzene rings is 2. The summed E-state index contributed by atoms with van der Waals surface area (Å²) in [5.74, 6) is -1.31. The highest BCUT2D eigenvalue weighted by Crippen LogP contribution is 2.28. The van der Waals surface area contributed by atoms with Gasteiger partial charge in [0.15, 0.2) is 18.1 Å². The van der Waals surface area contributed by atoms with Crippen LogP contribution in [-0.2, 0) is 14.3 Å². The van der Waals surface area contributed by atoms with E-state index in [9.17, 15) is 18.8 Å². The average molecular weight is 418 g/mol. The van der Waals surface area contributed by atoms with Crippen LogP contribution < -0.4 is 14.8 Å². The zero-order chi connectivity index (χ0) is 22.1. The van der Waals surface area contributed by atoms with Crippen molar-refractivity contribution in [3.05, 3.63) is 53.8 Å². The second kappa shape index (κ2) is 10.8. The molecule has 9 heteroatoms. The molecule has 2 amide bonds. The molecule has 160 valence electrons. The molecule has 0 heterocycles. The molecule has 0 saturated heterocycles. The van der Waals surface area contributed by atoms with Crippen LogP contribution in [-0.4, -0.2) is 56.6 Å². The number of hydrogen-bond acceptors (Lipinski definition) is 6. The maximum atomic E-state index is 12.9. The number of nitrogens with zero attached hydrogens (tertiary/aromatic N) is 1. The Morgan fingerprint density at radius 3 is 2.40 bits per heavy atom. The molecule has 0 radical (unpaired) electrons. The Bertz CT molecular complexity index is 901. The third-order valence-corrected chi connectivity index (χ3v) is 3.96. The fourth-order valence-electron chi connectivity index (χ4n) is 2.43. The standard InChI is InChI=1S/C21H23FN2O6/c1-4-29-18-11-14(5-10-17(18)28-3)21(27)30-13-20(26)24(2)12-19(25)23-16-8-6-15(22)7-9-16/h5-11H,4,12-13H2,1-3H3,(H,23,25). The van der Waals surface area contributed by atoms with Crippen LogP contribution in [0.25, 0.3) is 0 Å². The van der Waals surface area contributed by atoms with Crippen LogP contribution in [0.4, 0.5) is 10.1 Å². The monoisotopic (exact) mass is 418 g/mol. The lowest BCUT2D eigenvalue weighted by Gasteiger charge is -2.17. The van der Waals surface area contributed by atoms with Gasteiger partial charge in [-0.3, -0.25) is 9.59 Å². The Morgan fingerprint density at radius 1 is 1.07 bits per heavy atom. The molecule has 2 rings (SSSR count). The summed E-state index contributed by atoms with van der Waals surface area (Å²) in [5.41, 5.74) is 0.599. The van der Waals surface area contributed by atoms with E-state index in [1.54, 1.807) is 13.0 Å². The number of esters is 1. The van der Waals surface area contributed by atoms with E-state index in [-0.39, 0.29) is 12.1 Å². The Balaban J connectivity index is 1.86. The number of likely N-dealkylation sites (N-methyl/N-ethyl adjacent to an activating group) is 1. The molecule has 0 aromatic heterocycles. The van der Waals surface area contributed by atoms with Gasteiger partial charge in [0.05, 0.1) is 25.8 Å². The molecule has 0 aliphatic heterocycles. The molecule has 0 aliphatic carbocycles. The van der Waals surface area contributed by atoms with Gasteiger partial charge >= 0.3 is 5.97 Å². The number of halogens is 1. The number of anilines is 1. The molecular weight excluding hydrogens is 395 g/mol. The van der Waals surface area contributed by atoms with Crippen LogP contribution >= 0.6 is 0 Å². The Labute approximate surface area is 173 Å². The first-order chi connectivity index (χ1) is 14.3. The number of carbonyl (C=O) groups is 3. The predicted octanol–water partition coefficient (Wildman–Crippen LogP) is 2.49. The maximum absolute atomic E-state index is 12.9. The van der Waals surface area contributed by atoms with Crippen LogP contribution in [0.5, 0.6) is 11.5 Å². The normalized spacial score (nSPS) is 10.1. The van der Waals surface area contributed by atoms with Gasteiger partial charge in [-0.25, -0.2) is 9.18 Å². The minimum Gasteiger partial charge on any atom is -0.493 e. The van der Waals surface area contributed by atoms with Crippen molar-refractivity contribution in [2.24, 2.45) is 0 Å². The van der Waals surface area contributed by atoms with Crippen LogP contribution in [0.3, 0.4) is 0 Å². The number of methoxy groups -OCH3 is 1. The van der Waals surface area contributed by atoms with Gasteiger partial charge < -0.3 is 24.4 Å². The van der Waals surface area contributed by atoms with Gasteiger partial charge in [0, 0.05) is 12.7 Å². The number of rotatable bonds is 9. The third-order valence-electron chi connectivity index (χ3n) is 3.96. The first-order valence-electron chi connectivity index (χ1n) is 9.11. The summed E-state index contributed by atoms with van der Waals surface area (Å²) in [4.78, 5) is 37.5. The Morgan fingerprint density at radius 2 is 1.77 bits per heavy atom. The zero-order valence-corrected chi connectivity index (χ0v) is 16.9. The molecule has 30 heavy (non-hydrogen) atoms. The lowest BCUT2D eigenvalue weighted by Crippen LogP contribution is -2.37. The average Bonchev–Trinajstić information content (AvgIpc) is 2.73. The first kappa shape index (κ1) is 22.7. The van der Waals surface area contributed by atoms with Crippen molar-refractivity contribution < 1.29 is 33.0 Å². The maximum Gasteiger partial charge on any atom is 0.338 e. The highest BCUT2D eigenvalue weighted by atomic mass is 19.1. The lowest BCUT2D eigenvalue weighted by molar-refractivity contribution is -0.136. The predicted molar refractivity (Wildman–Crippen MR) is 107 cm³/mol. The second-order valence-electron chi connectivity index (χ2n) is 6.18. The number of amides is 2. The summed E-state index contributed by atoms with van der Waals surface area (Å²) in [6, 6.07) is 9.75. The quantitative estimate of drug-likeness (QED) is 0.629. The van der Waals surface area contributed by atoms with Gasteiger partial charge in [-0.1, -0.05) is 0 Å². The first-order valence-corrected chi connectivity index (χ1v) is 9.11. The molecule has 2 aromatic rings. The van der Waals surface area contributed by atoms with Crippen molar-refractivity contribution in [1.82, 2.24) is 4.90 Å². The summed E-state index contributed by atoms with van der Waals surface area (Å²) in [6.45, 7) is 1.39. The van der Waals surface area contributed by atoms with Crippen molar-refractivity contribution >= 4 is 23.5 Å². The molecule has 0 saturated carbocycles. The van der Waals surface area contributed by atoms with Crippen molar-refractivity contribution in [3.63, 3.8) is 0 Å².